The van der Waals surface area contributed by atoms with E-state index in [1.54, 1.807) is 0 Å². The Bertz CT molecular complexity index is 658. The highest BCUT2D eigenvalue weighted by Crippen LogP contribution is 2.23. The molecule has 1 aromatic heterocycles. The van der Waals surface area contributed by atoms with Crippen LogP contribution >= 0.6 is 27.5 Å². The molecule has 1 saturated heterocycles. The van der Waals surface area contributed by atoms with Crippen molar-refractivity contribution < 1.29 is 0 Å². The number of hydrogen-bond donors (Lipinski definition) is 1. The molecule has 21 heavy (non-hydrogen) atoms. The van der Waals surface area contributed by atoms with Crippen LogP contribution in [0.3, 0.4) is 0 Å². The van der Waals surface area contributed by atoms with Gasteiger partial charge in [0, 0.05) is 23.2 Å². The highest BCUT2D eigenvalue weighted by Gasteiger charge is 2.17. The Morgan fingerprint density at radius 2 is 1.95 bits per heavy atom. The Labute approximate surface area is 136 Å². The minimum absolute atomic E-state index is 0.211. The van der Waals surface area contributed by atoms with Gasteiger partial charge in [0.05, 0.1) is 0 Å². The molecule has 1 fully saturated rings. The van der Waals surface area contributed by atoms with E-state index in [0.29, 0.717) is 11.9 Å². The first-order valence-electron chi connectivity index (χ1n) is 6.81. The van der Waals surface area contributed by atoms with E-state index in [2.05, 4.69) is 41.1 Å². The topological polar surface area (TPSA) is 53.9 Å². The lowest BCUT2D eigenvalue weighted by atomic mass is 10.2. The Morgan fingerprint density at radius 1 is 1.19 bits per heavy atom. The number of rotatable bonds is 3. The molecule has 3 rings (SSSR count). The molecule has 7 heteroatoms. The lowest BCUT2D eigenvalue weighted by Crippen LogP contribution is -2.21. The lowest BCUT2D eigenvalue weighted by molar-refractivity contribution is 0.883. The maximum atomic E-state index is 6.01. The monoisotopic (exact) mass is 367 g/mol. The van der Waals surface area contributed by atoms with E-state index in [1.807, 2.05) is 25.1 Å². The fourth-order valence-electron chi connectivity index (χ4n) is 2.31. The van der Waals surface area contributed by atoms with Gasteiger partial charge in [-0.25, -0.2) is 0 Å². The number of aromatic nitrogens is 3. The molecule has 0 unspecified atom stereocenters. The zero-order chi connectivity index (χ0) is 14.8. The average molecular weight is 369 g/mol. The van der Waals surface area contributed by atoms with Gasteiger partial charge in [-0.3, -0.25) is 0 Å². The molecular weight excluding hydrogens is 354 g/mol. The van der Waals surface area contributed by atoms with Crippen LogP contribution in [0.4, 0.5) is 17.6 Å². The van der Waals surface area contributed by atoms with Crippen LogP contribution in [-0.2, 0) is 0 Å². The molecule has 1 aromatic carbocycles. The zero-order valence-electron chi connectivity index (χ0n) is 11.6. The van der Waals surface area contributed by atoms with Gasteiger partial charge in [0.15, 0.2) is 0 Å². The standard InChI is InChI=1S/C14H15BrClN5/c1-9-8-10(4-5-11(9)15)17-13-18-12(16)19-14(20-13)21-6-2-3-7-21/h4-5,8H,2-3,6-7H2,1H3,(H,17,18,19,20). The minimum atomic E-state index is 0.211. The number of benzene rings is 1. The molecule has 0 bridgehead atoms. The van der Waals surface area contributed by atoms with Crippen molar-refractivity contribution in [2.75, 3.05) is 23.3 Å². The molecule has 0 spiro atoms. The summed E-state index contributed by atoms with van der Waals surface area (Å²) >= 11 is 9.50. The molecule has 0 atom stereocenters. The number of nitrogens with zero attached hydrogens (tertiary/aromatic N) is 4. The van der Waals surface area contributed by atoms with Crippen molar-refractivity contribution in [2.45, 2.75) is 19.8 Å². The summed E-state index contributed by atoms with van der Waals surface area (Å²) in [5, 5.41) is 3.39. The van der Waals surface area contributed by atoms with E-state index < -0.39 is 0 Å². The van der Waals surface area contributed by atoms with Crippen LogP contribution < -0.4 is 10.2 Å². The summed E-state index contributed by atoms with van der Waals surface area (Å²) in [6.07, 6.45) is 2.33. The number of nitrogens with one attached hydrogen (secondary N) is 1. The molecule has 1 aliphatic rings. The molecule has 2 heterocycles. The minimum Gasteiger partial charge on any atom is -0.341 e. The second kappa shape index (κ2) is 6.15. The van der Waals surface area contributed by atoms with Crippen LogP contribution in [0.2, 0.25) is 5.28 Å². The fraction of sp³-hybridized carbons (Fsp3) is 0.357. The molecule has 1 aliphatic heterocycles. The van der Waals surface area contributed by atoms with Gasteiger partial charge in [-0.2, -0.15) is 15.0 Å². The van der Waals surface area contributed by atoms with Crippen molar-refractivity contribution in [3.8, 4) is 0 Å². The summed E-state index contributed by atoms with van der Waals surface area (Å²) in [6, 6.07) is 5.98. The molecule has 5 nitrogen and oxygen atoms in total. The predicted molar refractivity (Wildman–Crippen MR) is 88.4 cm³/mol. The van der Waals surface area contributed by atoms with Gasteiger partial charge in [0.1, 0.15) is 0 Å². The van der Waals surface area contributed by atoms with Crippen molar-refractivity contribution in [3.63, 3.8) is 0 Å². The van der Waals surface area contributed by atoms with Crippen molar-refractivity contribution in [2.24, 2.45) is 0 Å². The van der Waals surface area contributed by atoms with Gasteiger partial charge in [-0.15, -0.1) is 0 Å². The lowest BCUT2D eigenvalue weighted by Gasteiger charge is -2.16. The van der Waals surface area contributed by atoms with Gasteiger partial charge >= 0.3 is 0 Å². The van der Waals surface area contributed by atoms with Gasteiger partial charge in [0.2, 0.25) is 17.2 Å². The molecule has 2 aromatic rings. The van der Waals surface area contributed by atoms with Crippen LogP contribution in [0.1, 0.15) is 18.4 Å². The Hall–Kier alpha value is -1.40. The highest BCUT2D eigenvalue weighted by atomic mass is 79.9. The molecule has 0 saturated carbocycles. The Kier molecular flexibility index (Phi) is 4.26. The molecule has 0 amide bonds. The normalized spacial score (nSPS) is 14.5. The van der Waals surface area contributed by atoms with Crippen LogP contribution in [-0.4, -0.2) is 28.0 Å². The molecule has 1 N–H and O–H groups in total. The first-order valence-corrected chi connectivity index (χ1v) is 7.98. The maximum absolute atomic E-state index is 6.01. The van der Waals surface area contributed by atoms with Crippen molar-refractivity contribution in [3.05, 3.63) is 33.5 Å². The summed E-state index contributed by atoms with van der Waals surface area (Å²) in [5.74, 6) is 1.11. The van der Waals surface area contributed by atoms with Crippen LogP contribution in [0.15, 0.2) is 22.7 Å². The van der Waals surface area contributed by atoms with E-state index in [4.69, 9.17) is 11.6 Å². The van der Waals surface area contributed by atoms with Crippen LogP contribution in [0, 0.1) is 6.92 Å². The van der Waals surface area contributed by atoms with Crippen molar-refractivity contribution in [1.82, 2.24) is 15.0 Å². The van der Waals surface area contributed by atoms with Crippen molar-refractivity contribution in [1.29, 1.82) is 0 Å². The van der Waals surface area contributed by atoms with Gasteiger partial charge < -0.3 is 10.2 Å². The summed E-state index contributed by atoms with van der Waals surface area (Å²) in [5.41, 5.74) is 2.06. The second-order valence-electron chi connectivity index (χ2n) is 5.01. The summed E-state index contributed by atoms with van der Waals surface area (Å²) in [7, 11) is 0. The first-order chi connectivity index (χ1) is 10.1. The maximum Gasteiger partial charge on any atom is 0.233 e. The SMILES string of the molecule is Cc1cc(Nc2nc(Cl)nc(N3CCCC3)n2)ccc1Br. The third kappa shape index (κ3) is 3.44. The third-order valence-electron chi connectivity index (χ3n) is 3.40. The molecule has 110 valence electrons. The van der Waals surface area contributed by atoms with Crippen molar-refractivity contribution >= 4 is 45.1 Å². The average Bonchev–Trinajstić information content (AvgIpc) is 2.96. The second-order valence-corrected chi connectivity index (χ2v) is 6.20. The fourth-order valence-corrected chi connectivity index (χ4v) is 2.71. The summed E-state index contributed by atoms with van der Waals surface area (Å²) in [6.45, 7) is 3.97. The van der Waals surface area contributed by atoms with Gasteiger partial charge in [-0.05, 0) is 55.1 Å². The van der Waals surface area contributed by atoms with Gasteiger partial charge in [-0.1, -0.05) is 15.9 Å². The Morgan fingerprint density at radius 3 is 2.67 bits per heavy atom. The largest absolute Gasteiger partial charge is 0.341 e. The van der Waals surface area contributed by atoms with E-state index >= 15 is 0 Å². The number of hydrogen-bond acceptors (Lipinski definition) is 5. The Balaban J connectivity index is 1.85. The molecular formula is C14H15BrClN5. The molecule has 0 radical (unpaired) electrons. The summed E-state index contributed by atoms with van der Waals surface area (Å²) < 4.78 is 1.07. The quantitative estimate of drug-likeness (QED) is 0.889. The zero-order valence-corrected chi connectivity index (χ0v) is 13.9. The highest BCUT2D eigenvalue weighted by molar-refractivity contribution is 9.10. The van der Waals surface area contributed by atoms with Crippen LogP contribution in [0.25, 0.3) is 0 Å². The first kappa shape index (κ1) is 14.5. The number of aryl methyl sites for hydroxylation is 1. The van der Waals surface area contributed by atoms with Gasteiger partial charge in [0.25, 0.3) is 0 Å². The van der Waals surface area contributed by atoms with E-state index in [1.165, 1.54) is 0 Å². The number of anilines is 3. The summed E-state index contributed by atoms with van der Waals surface area (Å²) in [4.78, 5) is 14.9. The number of halogens is 2. The van der Waals surface area contributed by atoms with E-state index in [0.717, 1.165) is 41.7 Å². The predicted octanol–water partition coefficient (Wildman–Crippen LogP) is 3.94. The molecule has 0 aliphatic carbocycles. The smallest absolute Gasteiger partial charge is 0.233 e. The van der Waals surface area contributed by atoms with Crippen LogP contribution in [0.5, 0.6) is 0 Å². The van der Waals surface area contributed by atoms with E-state index in [9.17, 15) is 0 Å². The third-order valence-corrected chi connectivity index (χ3v) is 4.46. The van der Waals surface area contributed by atoms with E-state index in [-0.39, 0.29) is 5.28 Å².